The molecule has 1 aromatic heterocycles. The molecule has 3 rings (SSSR count). The molecule has 0 radical (unpaired) electrons. The van der Waals surface area contributed by atoms with Crippen LogP contribution in [-0.4, -0.2) is 19.1 Å². The Morgan fingerprint density at radius 2 is 1.48 bits per heavy atom. The molecule has 0 bridgehead atoms. The zero-order chi connectivity index (χ0) is 17.7. The minimum Gasteiger partial charge on any atom is -0.265 e. The van der Waals surface area contributed by atoms with Gasteiger partial charge in [0.05, 0.1) is 10.6 Å². The van der Waals surface area contributed by atoms with Crippen LogP contribution in [0.4, 0.5) is 0 Å². The summed E-state index contributed by atoms with van der Waals surface area (Å²) in [5.74, 6) is 0. The third-order valence-corrected chi connectivity index (χ3v) is 4.88. The predicted molar refractivity (Wildman–Crippen MR) is 98.1 cm³/mol. The highest BCUT2D eigenvalue weighted by Gasteiger charge is 2.14. The molecular weight excluding hydrogens is 358 g/mol. The lowest BCUT2D eigenvalue weighted by Crippen LogP contribution is -2.21. The molecule has 1 heterocycles. The summed E-state index contributed by atoms with van der Waals surface area (Å²) in [6.07, 6.45) is 3.25. The molecular formula is C18H14ClN3O2S. The molecule has 0 saturated heterocycles. The first-order valence-electron chi connectivity index (χ1n) is 7.37. The molecule has 5 nitrogen and oxygen atoms in total. The van der Waals surface area contributed by atoms with Gasteiger partial charge in [-0.15, -0.1) is 0 Å². The van der Waals surface area contributed by atoms with Crippen LogP contribution < -0.4 is 4.83 Å². The van der Waals surface area contributed by atoms with E-state index < -0.39 is 10.0 Å². The van der Waals surface area contributed by atoms with Crippen molar-refractivity contribution in [3.63, 3.8) is 0 Å². The van der Waals surface area contributed by atoms with Gasteiger partial charge in [0.15, 0.2) is 0 Å². The zero-order valence-corrected chi connectivity index (χ0v) is 14.6. The molecule has 0 spiro atoms. The van der Waals surface area contributed by atoms with Crippen LogP contribution in [-0.2, 0) is 10.0 Å². The number of hydrogen-bond acceptors (Lipinski definition) is 4. The average Bonchev–Trinajstić information content (AvgIpc) is 2.64. The maximum Gasteiger partial charge on any atom is 0.276 e. The molecule has 0 aliphatic heterocycles. The Kier molecular flexibility index (Phi) is 5.11. The molecule has 0 atom stereocenters. The van der Waals surface area contributed by atoms with E-state index in [1.807, 2.05) is 30.3 Å². The lowest BCUT2D eigenvalue weighted by atomic mass is 10.0. The van der Waals surface area contributed by atoms with Gasteiger partial charge in [-0.1, -0.05) is 41.9 Å². The fourth-order valence-corrected chi connectivity index (χ4v) is 3.11. The van der Waals surface area contributed by atoms with Crippen LogP contribution >= 0.6 is 11.6 Å². The Balaban J connectivity index is 1.98. The molecule has 2 aromatic carbocycles. The van der Waals surface area contributed by atoms with Gasteiger partial charge in [-0.3, -0.25) is 4.98 Å². The number of benzene rings is 2. The van der Waals surface area contributed by atoms with Crippen molar-refractivity contribution in [2.45, 2.75) is 4.90 Å². The number of pyridine rings is 1. The Morgan fingerprint density at radius 1 is 0.880 bits per heavy atom. The molecule has 0 amide bonds. The quantitative estimate of drug-likeness (QED) is 0.551. The molecule has 0 saturated carbocycles. The van der Waals surface area contributed by atoms with E-state index in [4.69, 9.17) is 11.6 Å². The Bertz CT molecular complexity index is 932. The standard InChI is InChI=1S/C18H14ClN3O2S/c19-16-6-8-17(9-7-16)25(23,24)22-21-18(14-4-2-1-3-5-14)15-10-12-20-13-11-15/h1-13,22H. The van der Waals surface area contributed by atoms with Crippen molar-refractivity contribution in [1.82, 2.24) is 9.82 Å². The lowest BCUT2D eigenvalue weighted by molar-refractivity contribution is 0.584. The van der Waals surface area contributed by atoms with Gasteiger partial charge in [0.25, 0.3) is 10.0 Å². The molecule has 0 aliphatic carbocycles. The number of halogens is 1. The van der Waals surface area contributed by atoms with E-state index >= 15 is 0 Å². The van der Waals surface area contributed by atoms with E-state index in [0.717, 1.165) is 11.1 Å². The lowest BCUT2D eigenvalue weighted by Gasteiger charge is -2.09. The van der Waals surface area contributed by atoms with Crippen molar-refractivity contribution in [2.75, 3.05) is 0 Å². The summed E-state index contributed by atoms with van der Waals surface area (Å²) in [6.45, 7) is 0. The second-order valence-corrected chi connectivity index (χ2v) is 7.21. The summed E-state index contributed by atoms with van der Waals surface area (Å²) < 4.78 is 24.9. The number of rotatable bonds is 5. The number of nitrogens with one attached hydrogen (secondary N) is 1. The molecule has 1 N–H and O–H groups in total. The van der Waals surface area contributed by atoms with Crippen LogP contribution in [0.15, 0.2) is 89.1 Å². The second-order valence-electron chi connectivity index (χ2n) is 5.11. The Morgan fingerprint density at radius 3 is 2.12 bits per heavy atom. The average molecular weight is 372 g/mol. The van der Waals surface area contributed by atoms with Gasteiger partial charge in [-0.25, -0.2) is 0 Å². The maximum atomic E-state index is 12.4. The minimum absolute atomic E-state index is 0.0859. The van der Waals surface area contributed by atoms with E-state index in [1.165, 1.54) is 24.3 Å². The van der Waals surface area contributed by atoms with E-state index in [2.05, 4.69) is 14.9 Å². The highest BCUT2D eigenvalue weighted by Crippen LogP contribution is 2.15. The second kappa shape index (κ2) is 7.46. The number of sulfonamides is 1. The molecule has 3 aromatic rings. The molecule has 0 aliphatic rings. The molecule has 0 fully saturated rings. The summed E-state index contributed by atoms with van der Waals surface area (Å²) >= 11 is 5.80. The summed E-state index contributed by atoms with van der Waals surface area (Å²) in [6, 6.07) is 18.7. The smallest absolute Gasteiger partial charge is 0.265 e. The zero-order valence-electron chi connectivity index (χ0n) is 13.0. The number of hydrogen-bond donors (Lipinski definition) is 1. The summed E-state index contributed by atoms with van der Waals surface area (Å²) in [4.78, 5) is 6.35. The predicted octanol–water partition coefficient (Wildman–Crippen LogP) is 3.47. The third-order valence-electron chi connectivity index (χ3n) is 3.40. The van der Waals surface area contributed by atoms with Crippen molar-refractivity contribution in [3.8, 4) is 0 Å². The van der Waals surface area contributed by atoms with Crippen molar-refractivity contribution < 1.29 is 8.42 Å². The molecule has 25 heavy (non-hydrogen) atoms. The molecule has 7 heteroatoms. The number of aromatic nitrogens is 1. The van der Waals surface area contributed by atoms with Gasteiger partial charge in [-0.05, 0) is 36.4 Å². The highest BCUT2D eigenvalue weighted by molar-refractivity contribution is 7.89. The topological polar surface area (TPSA) is 71.4 Å². The minimum atomic E-state index is -3.80. The first-order chi connectivity index (χ1) is 12.1. The summed E-state index contributed by atoms with van der Waals surface area (Å²) in [5.41, 5.74) is 2.04. The Labute approximate surface area is 151 Å². The first-order valence-corrected chi connectivity index (χ1v) is 9.23. The van der Waals surface area contributed by atoms with Crippen LogP contribution in [0, 0.1) is 0 Å². The van der Waals surface area contributed by atoms with Gasteiger partial charge < -0.3 is 0 Å². The molecule has 126 valence electrons. The highest BCUT2D eigenvalue weighted by atomic mass is 35.5. The monoisotopic (exact) mass is 371 g/mol. The van der Waals surface area contributed by atoms with Crippen molar-refractivity contribution >= 4 is 27.3 Å². The fourth-order valence-electron chi connectivity index (χ4n) is 2.17. The van der Waals surface area contributed by atoms with Gasteiger partial charge in [0.1, 0.15) is 0 Å². The van der Waals surface area contributed by atoms with Crippen LogP contribution in [0.2, 0.25) is 5.02 Å². The van der Waals surface area contributed by atoms with E-state index in [-0.39, 0.29) is 4.90 Å². The largest absolute Gasteiger partial charge is 0.276 e. The van der Waals surface area contributed by atoms with E-state index in [9.17, 15) is 8.42 Å². The summed E-state index contributed by atoms with van der Waals surface area (Å²) in [7, 11) is -3.80. The van der Waals surface area contributed by atoms with Crippen molar-refractivity contribution in [3.05, 3.63) is 95.3 Å². The fraction of sp³-hybridized carbons (Fsp3) is 0. The van der Waals surface area contributed by atoms with Gasteiger partial charge in [0, 0.05) is 28.5 Å². The van der Waals surface area contributed by atoms with Crippen molar-refractivity contribution in [2.24, 2.45) is 5.10 Å². The Hall–Kier alpha value is -2.70. The van der Waals surface area contributed by atoms with Crippen LogP contribution in [0.1, 0.15) is 11.1 Å². The van der Waals surface area contributed by atoms with E-state index in [0.29, 0.717) is 10.7 Å². The number of hydrazone groups is 1. The van der Waals surface area contributed by atoms with E-state index in [1.54, 1.807) is 24.5 Å². The normalized spacial score (nSPS) is 12.0. The number of nitrogens with zero attached hydrogens (tertiary/aromatic N) is 2. The van der Waals surface area contributed by atoms with Gasteiger partial charge >= 0.3 is 0 Å². The van der Waals surface area contributed by atoms with Gasteiger partial charge in [0.2, 0.25) is 0 Å². The first kappa shape index (κ1) is 17.1. The summed E-state index contributed by atoms with van der Waals surface area (Å²) in [5, 5.41) is 4.61. The molecule has 0 unspecified atom stereocenters. The maximum absolute atomic E-state index is 12.4. The third kappa shape index (κ3) is 4.23. The van der Waals surface area contributed by atoms with Crippen LogP contribution in [0.25, 0.3) is 0 Å². The SMILES string of the molecule is O=S(=O)(NN=C(c1ccccc1)c1ccncc1)c1ccc(Cl)cc1. The van der Waals surface area contributed by atoms with Gasteiger partial charge in [-0.2, -0.15) is 18.4 Å². The van der Waals surface area contributed by atoms with Crippen LogP contribution in [0.3, 0.4) is 0 Å². The van der Waals surface area contributed by atoms with Crippen molar-refractivity contribution in [1.29, 1.82) is 0 Å². The van der Waals surface area contributed by atoms with Crippen LogP contribution in [0.5, 0.6) is 0 Å².